The first kappa shape index (κ1) is 16.5. The summed E-state index contributed by atoms with van der Waals surface area (Å²) in [5, 5.41) is 12.0. The predicted octanol–water partition coefficient (Wildman–Crippen LogP) is 1.19. The second-order valence-corrected chi connectivity index (χ2v) is 4.87. The average Bonchev–Trinajstić information content (AvgIpc) is 2.40. The van der Waals surface area contributed by atoms with E-state index in [0.717, 1.165) is 5.56 Å². The van der Waals surface area contributed by atoms with E-state index in [1.54, 1.807) is 17.0 Å². The Bertz CT molecular complexity index is 465. The zero-order chi connectivity index (χ0) is 15.0. The van der Waals surface area contributed by atoms with Crippen molar-refractivity contribution < 1.29 is 14.7 Å². The van der Waals surface area contributed by atoms with Crippen molar-refractivity contribution in [2.24, 2.45) is 0 Å². The lowest BCUT2D eigenvalue weighted by Crippen LogP contribution is -2.39. The van der Waals surface area contributed by atoms with E-state index in [9.17, 15) is 9.59 Å². The number of aliphatic hydroxyl groups is 1. The van der Waals surface area contributed by atoms with Gasteiger partial charge in [0.1, 0.15) is 0 Å². The fourth-order valence-corrected chi connectivity index (χ4v) is 1.93. The van der Waals surface area contributed by atoms with Crippen LogP contribution in [0.1, 0.15) is 18.9 Å². The molecule has 0 saturated carbocycles. The number of nitrogens with zero attached hydrogens (tertiary/aromatic N) is 1. The fraction of sp³-hybridized carbons (Fsp3) is 0.429. The van der Waals surface area contributed by atoms with Crippen molar-refractivity contribution in [3.63, 3.8) is 0 Å². The van der Waals surface area contributed by atoms with E-state index in [-0.39, 0.29) is 25.0 Å². The monoisotopic (exact) mass is 298 g/mol. The maximum absolute atomic E-state index is 12.0. The highest BCUT2D eigenvalue weighted by Gasteiger charge is 2.14. The van der Waals surface area contributed by atoms with Gasteiger partial charge in [-0.3, -0.25) is 9.59 Å². The summed E-state index contributed by atoms with van der Waals surface area (Å²) in [5.74, 6) is -0.433. The van der Waals surface area contributed by atoms with Crippen molar-refractivity contribution in [2.75, 3.05) is 19.7 Å². The van der Waals surface area contributed by atoms with Crippen LogP contribution in [0.5, 0.6) is 0 Å². The smallest absolute Gasteiger partial charge is 0.242 e. The van der Waals surface area contributed by atoms with Crippen molar-refractivity contribution in [1.82, 2.24) is 10.2 Å². The molecule has 110 valence electrons. The van der Waals surface area contributed by atoms with Gasteiger partial charge in [0.05, 0.1) is 6.54 Å². The molecule has 0 fully saturated rings. The molecule has 0 aliphatic rings. The molecule has 1 aromatic rings. The van der Waals surface area contributed by atoms with Crippen LogP contribution in [0.4, 0.5) is 0 Å². The lowest BCUT2D eigenvalue weighted by molar-refractivity contribution is -0.133. The molecule has 0 bridgehead atoms. The first-order valence-electron chi connectivity index (χ1n) is 6.40. The summed E-state index contributed by atoms with van der Waals surface area (Å²) in [6.07, 6.45) is 0.492. The van der Waals surface area contributed by atoms with E-state index in [2.05, 4.69) is 5.32 Å². The Morgan fingerprint density at radius 3 is 2.75 bits per heavy atom. The van der Waals surface area contributed by atoms with Crippen LogP contribution in [-0.4, -0.2) is 41.5 Å². The Kier molecular flexibility index (Phi) is 7.04. The quantitative estimate of drug-likeness (QED) is 0.794. The van der Waals surface area contributed by atoms with Crippen LogP contribution >= 0.6 is 11.6 Å². The molecule has 20 heavy (non-hydrogen) atoms. The van der Waals surface area contributed by atoms with Crippen LogP contribution in [0.25, 0.3) is 0 Å². The largest absolute Gasteiger partial charge is 0.396 e. The molecule has 2 amide bonds. The van der Waals surface area contributed by atoms with E-state index in [0.29, 0.717) is 24.5 Å². The second kappa shape index (κ2) is 8.55. The minimum atomic E-state index is -0.247. The lowest BCUT2D eigenvalue weighted by Gasteiger charge is -2.22. The number of benzene rings is 1. The Morgan fingerprint density at radius 2 is 2.15 bits per heavy atom. The highest BCUT2D eigenvalue weighted by molar-refractivity contribution is 6.30. The molecule has 0 spiro atoms. The third-order valence-electron chi connectivity index (χ3n) is 2.69. The van der Waals surface area contributed by atoms with Crippen LogP contribution in [0, 0.1) is 0 Å². The fourth-order valence-electron chi connectivity index (χ4n) is 1.72. The molecule has 1 aromatic carbocycles. The lowest BCUT2D eigenvalue weighted by atomic mass is 10.2. The summed E-state index contributed by atoms with van der Waals surface area (Å²) in [4.78, 5) is 24.5. The van der Waals surface area contributed by atoms with Crippen LogP contribution in [-0.2, 0) is 16.1 Å². The Morgan fingerprint density at radius 1 is 1.40 bits per heavy atom. The third-order valence-corrected chi connectivity index (χ3v) is 2.92. The normalized spacial score (nSPS) is 10.2. The maximum atomic E-state index is 12.0. The van der Waals surface area contributed by atoms with Gasteiger partial charge in [0, 0.05) is 31.6 Å². The molecule has 0 aliphatic heterocycles. The Labute approximate surface area is 123 Å². The van der Waals surface area contributed by atoms with Gasteiger partial charge in [-0.15, -0.1) is 0 Å². The first-order valence-corrected chi connectivity index (χ1v) is 6.78. The molecule has 0 radical (unpaired) electrons. The highest BCUT2D eigenvalue weighted by Crippen LogP contribution is 2.13. The topological polar surface area (TPSA) is 69.6 Å². The molecule has 0 unspecified atom stereocenters. The van der Waals surface area contributed by atoms with E-state index in [1.807, 2.05) is 12.1 Å². The van der Waals surface area contributed by atoms with Crippen LogP contribution < -0.4 is 5.32 Å². The van der Waals surface area contributed by atoms with Crippen molar-refractivity contribution in [3.05, 3.63) is 34.9 Å². The van der Waals surface area contributed by atoms with Gasteiger partial charge in [-0.2, -0.15) is 0 Å². The Balaban J connectivity index is 2.67. The number of rotatable bonds is 7. The number of carbonyl (C=O) groups excluding carboxylic acids is 2. The molecule has 1 rings (SSSR count). The van der Waals surface area contributed by atoms with Crippen LogP contribution in [0.2, 0.25) is 5.02 Å². The minimum Gasteiger partial charge on any atom is -0.396 e. The number of aliphatic hydroxyl groups excluding tert-OH is 1. The molecule has 5 nitrogen and oxygen atoms in total. The van der Waals surface area contributed by atoms with Gasteiger partial charge in [0.2, 0.25) is 11.8 Å². The number of hydrogen-bond acceptors (Lipinski definition) is 3. The average molecular weight is 299 g/mol. The van der Waals surface area contributed by atoms with E-state index in [1.165, 1.54) is 6.92 Å². The van der Waals surface area contributed by atoms with E-state index in [4.69, 9.17) is 16.7 Å². The molecular weight excluding hydrogens is 280 g/mol. The van der Waals surface area contributed by atoms with E-state index >= 15 is 0 Å². The SMILES string of the molecule is CC(=O)NCC(=O)N(CCCO)Cc1cccc(Cl)c1. The molecule has 0 atom stereocenters. The Hall–Kier alpha value is -1.59. The summed E-state index contributed by atoms with van der Waals surface area (Å²) < 4.78 is 0. The number of hydrogen-bond donors (Lipinski definition) is 2. The molecule has 6 heteroatoms. The molecule has 0 aliphatic carbocycles. The minimum absolute atomic E-state index is 0.0134. The maximum Gasteiger partial charge on any atom is 0.242 e. The molecule has 2 N–H and O–H groups in total. The van der Waals surface area contributed by atoms with Crippen molar-refractivity contribution in [2.45, 2.75) is 19.9 Å². The zero-order valence-electron chi connectivity index (χ0n) is 11.4. The van der Waals surface area contributed by atoms with Crippen molar-refractivity contribution in [1.29, 1.82) is 0 Å². The van der Waals surface area contributed by atoms with Gasteiger partial charge >= 0.3 is 0 Å². The molecule has 0 heterocycles. The standard InChI is InChI=1S/C14H19ClN2O3/c1-11(19)16-9-14(20)17(6-3-7-18)10-12-4-2-5-13(15)8-12/h2,4-5,8,18H,3,6-7,9-10H2,1H3,(H,16,19). The van der Waals surface area contributed by atoms with Crippen molar-refractivity contribution >= 4 is 23.4 Å². The third kappa shape index (κ3) is 6.04. The summed E-state index contributed by atoms with van der Waals surface area (Å²) >= 11 is 5.91. The van der Waals surface area contributed by atoms with Crippen molar-refractivity contribution in [3.8, 4) is 0 Å². The zero-order valence-corrected chi connectivity index (χ0v) is 12.2. The number of amides is 2. The summed E-state index contributed by atoms with van der Waals surface area (Å²) in [5.41, 5.74) is 0.909. The summed E-state index contributed by atoms with van der Waals surface area (Å²) in [6, 6.07) is 7.26. The molecular formula is C14H19ClN2O3. The van der Waals surface area contributed by atoms with Crippen LogP contribution in [0.3, 0.4) is 0 Å². The second-order valence-electron chi connectivity index (χ2n) is 4.43. The summed E-state index contributed by atoms with van der Waals surface area (Å²) in [7, 11) is 0. The van der Waals surface area contributed by atoms with Gasteiger partial charge in [-0.25, -0.2) is 0 Å². The number of nitrogens with one attached hydrogen (secondary N) is 1. The molecule has 0 aromatic heterocycles. The van der Waals surface area contributed by atoms with E-state index < -0.39 is 0 Å². The van der Waals surface area contributed by atoms with Gasteiger partial charge in [-0.1, -0.05) is 23.7 Å². The number of halogens is 1. The van der Waals surface area contributed by atoms with Gasteiger partial charge in [0.15, 0.2) is 0 Å². The first-order chi connectivity index (χ1) is 9.52. The van der Waals surface area contributed by atoms with Gasteiger partial charge in [-0.05, 0) is 24.1 Å². The molecule has 0 saturated heterocycles. The van der Waals surface area contributed by atoms with Gasteiger partial charge in [0.25, 0.3) is 0 Å². The number of carbonyl (C=O) groups is 2. The predicted molar refractivity (Wildman–Crippen MR) is 77.3 cm³/mol. The van der Waals surface area contributed by atoms with Gasteiger partial charge < -0.3 is 15.3 Å². The van der Waals surface area contributed by atoms with Crippen LogP contribution in [0.15, 0.2) is 24.3 Å². The summed E-state index contributed by atoms with van der Waals surface area (Å²) in [6.45, 7) is 2.17. The highest BCUT2D eigenvalue weighted by atomic mass is 35.5.